The minimum atomic E-state index is 0.239. The molecule has 0 aliphatic heterocycles. The first kappa shape index (κ1) is 12.2. The molecule has 0 aliphatic rings. The van der Waals surface area contributed by atoms with Gasteiger partial charge in [0.25, 0.3) is 0 Å². The number of aromatic nitrogens is 2. The second-order valence-corrected chi connectivity index (χ2v) is 3.91. The maximum Gasteiger partial charge on any atom is 0.0534 e. The van der Waals surface area contributed by atoms with E-state index in [-0.39, 0.29) is 6.61 Å². The van der Waals surface area contributed by atoms with E-state index in [2.05, 4.69) is 30.5 Å². The Bertz CT molecular complexity index is 273. The Labute approximate surface area is 91.3 Å². The van der Waals surface area contributed by atoms with Gasteiger partial charge < -0.3 is 10.4 Å². The molecule has 2 N–H and O–H groups in total. The summed E-state index contributed by atoms with van der Waals surface area (Å²) >= 11 is 0. The van der Waals surface area contributed by atoms with Gasteiger partial charge in [-0.2, -0.15) is 5.10 Å². The van der Waals surface area contributed by atoms with Crippen LogP contribution in [0.25, 0.3) is 0 Å². The normalized spacial score (nSPS) is 13.0. The number of aliphatic hydroxyl groups is 1. The molecule has 0 saturated carbocycles. The standard InChI is InChI=1S/C11H21N3O/c1-3-5-14-9-11(8-13-14)7-12-10(2)4-6-15/h8-10,12,15H,3-7H2,1-2H3. The first-order valence-electron chi connectivity index (χ1n) is 5.61. The lowest BCUT2D eigenvalue weighted by Crippen LogP contribution is -2.26. The molecule has 1 aromatic heterocycles. The van der Waals surface area contributed by atoms with Crippen molar-refractivity contribution < 1.29 is 5.11 Å². The van der Waals surface area contributed by atoms with Crippen LogP contribution in [-0.2, 0) is 13.1 Å². The van der Waals surface area contributed by atoms with Gasteiger partial charge in [0.1, 0.15) is 0 Å². The monoisotopic (exact) mass is 211 g/mol. The summed E-state index contributed by atoms with van der Waals surface area (Å²) in [5.41, 5.74) is 1.20. The van der Waals surface area contributed by atoms with Gasteiger partial charge in [-0.25, -0.2) is 0 Å². The topological polar surface area (TPSA) is 50.1 Å². The van der Waals surface area contributed by atoms with E-state index in [1.165, 1.54) is 5.56 Å². The molecule has 1 atom stereocenters. The molecule has 0 spiro atoms. The van der Waals surface area contributed by atoms with Crippen molar-refractivity contribution in [2.45, 2.75) is 45.8 Å². The highest BCUT2D eigenvalue weighted by atomic mass is 16.3. The van der Waals surface area contributed by atoms with E-state index in [9.17, 15) is 0 Å². The van der Waals surface area contributed by atoms with Gasteiger partial charge in [-0.3, -0.25) is 4.68 Å². The van der Waals surface area contributed by atoms with E-state index < -0.39 is 0 Å². The average Bonchev–Trinajstić information content (AvgIpc) is 2.64. The molecule has 1 aromatic rings. The van der Waals surface area contributed by atoms with Crippen molar-refractivity contribution in [3.8, 4) is 0 Å². The lowest BCUT2D eigenvalue weighted by atomic mass is 10.2. The molecule has 86 valence electrons. The highest BCUT2D eigenvalue weighted by molar-refractivity contribution is 5.03. The third-order valence-corrected chi connectivity index (χ3v) is 2.36. The summed E-state index contributed by atoms with van der Waals surface area (Å²) in [6, 6.07) is 0.351. The Kier molecular flexibility index (Phi) is 5.36. The summed E-state index contributed by atoms with van der Waals surface area (Å²) in [7, 11) is 0. The van der Waals surface area contributed by atoms with Crippen molar-refractivity contribution in [3.05, 3.63) is 18.0 Å². The maximum absolute atomic E-state index is 8.75. The van der Waals surface area contributed by atoms with E-state index in [1.807, 2.05) is 10.9 Å². The molecule has 4 heteroatoms. The summed E-state index contributed by atoms with van der Waals surface area (Å²) in [6.45, 7) is 6.26. The maximum atomic E-state index is 8.75. The lowest BCUT2D eigenvalue weighted by Gasteiger charge is -2.10. The fourth-order valence-corrected chi connectivity index (χ4v) is 1.44. The van der Waals surface area contributed by atoms with Crippen molar-refractivity contribution in [1.29, 1.82) is 0 Å². The quantitative estimate of drug-likeness (QED) is 0.711. The van der Waals surface area contributed by atoms with Crippen LogP contribution in [0.4, 0.5) is 0 Å². The number of nitrogens with one attached hydrogen (secondary N) is 1. The van der Waals surface area contributed by atoms with Crippen molar-refractivity contribution in [3.63, 3.8) is 0 Å². The zero-order valence-electron chi connectivity index (χ0n) is 9.61. The van der Waals surface area contributed by atoms with Crippen molar-refractivity contribution >= 4 is 0 Å². The lowest BCUT2D eigenvalue weighted by molar-refractivity contribution is 0.268. The summed E-state index contributed by atoms with van der Waals surface area (Å²) in [4.78, 5) is 0. The zero-order chi connectivity index (χ0) is 11.1. The van der Waals surface area contributed by atoms with Gasteiger partial charge in [0.15, 0.2) is 0 Å². The highest BCUT2D eigenvalue weighted by Gasteiger charge is 2.02. The van der Waals surface area contributed by atoms with E-state index in [0.29, 0.717) is 6.04 Å². The van der Waals surface area contributed by atoms with Crippen LogP contribution in [0.3, 0.4) is 0 Å². The smallest absolute Gasteiger partial charge is 0.0534 e. The Morgan fingerprint density at radius 2 is 2.40 bits per heavy atom. The molecule has 1 heterocycles. The summed E-state index contributed by atoms with van der Waals surface area (Å²) < 4.78 is 1.97. The molecule has 0 amide bonds. The molecule has 0 aliphatic carbocycles. The first-order valence-corrected chi connectivity index (χ1v) is 5.61. The van der Waals surface area contributed by atoms with Crippen molar-refractivity contribution in [1.82, 2.24) is 15.1 Å². The Hall–Kier alpha value is -0.870. The summed E-state index contributed by atoms with van der Waals surface area (Å²) in [5.74, 6) is 0. The third kappa shape index (κ3) is 4.44. The van der Waals surface area contributed by atoms with Crippen LogP contribution < -0.4 is 5.32 Å². The van der Waals surface area contributed by atoms with Crippen LogP contribution in [0.15, 0.2) is 12.4 Å². The van der Waals surface area contributed by atoms with Crippen LogP contribution >= 0.6 is 0 Å². The third-order valence-electron chi connectivity index (χ3n) is 2.36. The second-order valence-electron chi connectivity index (χ2n) is 3.91. The molecule has 0 radical (unpaired) electrons. The van der Waals surface area contributed by atoms with Crippen LogP contribution in [0, 0.1) is 0 Å². The second kappa shape index (κ2) is 6.58. The number of hydrogen-bond donors (Lipinski definition) is 2. The van der Waals surface area contributed by atoms with Crippen molar-refractivity contribution in [2.24, 2.45) is 0 Å². The van der Waals surface area contributed by atoms with E-state index in [0.717, 1.165) is 25.9 Å². The number of aliphatic hydroxyl groups excluding tert-OH is 1. The summed E-state index contributed by atoms with van der Waals surface area (Å²) in [5, 5.41) is 16.4. The van der Waals surface area contributed by atoms with Gasteiger partial charge in [0.2, 0.25) is 0 Å². The van der Waals surface area contributed by atoms with Gasteiger partial charge in [0.05, 0.1) is 6.20 Å². The first-order chi connectivity index (χ1) is 7.26. The number of nitrogens with zero attached hydrogens (tertiary/aromatic N) is 2. The molecule has 1 unspecified atom stereocenters. The molecular formula is C11H21N3O. The number of aryl methyl sites for hydroxylation is 1. The van der Waals surface area contributed by atoms with E-state index in [1.54, 1.807) is 0 Å². The molecular weight excluding hydrogens is 190 g/mol. The molecule has 0 bridgehead atoms. The predicted molar refractivity (Wildman–Crippen MR) is 60.5 cm³/mol. The SMILES string of the molecule is CCCn1cc(CNC(C)CCO)cn1. The van der Waals surface area contributed by atoms with E-state index in [4.69, 9.17) is 5.11 Å². The number of hydrogen-bond acceptors (Lipinski definition) is 3. The Morgan fingerprint density at radius 3 is 3.07 bits per heavy atom. The van der Waals surface area contributed by atoms with Gasteiger partial charge in [0, 0.05) is 37.5 Å². The zero-order valence-corrected chi connectivity index (χ0v) is 9.61. The Balaban J connectivity index is 2.30. The molecule has 4 nitrogen and oxygen atoms in total. The van der Waals surface area contributed by atoms with Gasteiger partial charge in [-0.1, -0.05) is 6.92 Å². The van der Waals surface area contributed by atoms with Crippen LogP contribution in [0.2, 0.25) is 0 Å². The van der Waals surface area contributed by atoms with Gasteiger partial charge in [-0.05, 0) is 19.8 Å². The number of rotatable bonds is 7. The molecule has 0 aromatic carbocycles. The van der Waals surface area contributed by atoms with Crippen LogP contribution in [0.1, 0.15) is 32.3 Å². The molecule has 15 heavy (non-hydrogen) atoms. The minimum Gasteiger partial charge on any atom is -0.396 e. The highest BCUT2D eigenvalue weighted by Crippen LogP contribution is 2.00. The molecule has 1 rings (SSSR count). The minimum absolute atomic E-state index is 0.239. The fraction of sp³-hybridized carbons (Fsp3) is 0.727. The predicted octanol–water partition coefficient (Wildman–Crippen LogP) is 1.15. The van der Waals surface area contributed by atoms with Crippen molar-refractivity contribution in [2.75, 3.05) is 6.61 Å². The largest absolute Gasteiger partial charge is 0.396 e. The molecule has 0 saturated heterocycles. The summed E-state index contributed by atoms with van der Waals surface area (Å²) in [6.07, 6.45) is 5.87. The van der Waals surface area contributed by atoms with Crippen LogP contribution in [-0.4, -0.2) is 27.5 Å². The van der Waals surface area contributed by atoms with Gasteiger partial charge in [-0.15, -0.1) is 0 Å². The van der Waals surface area contributed by atoms with Gasteiger partial charge >= 0.3 is 0 Å². The molecule has 0 fully saturated rings. The van der Waals surface area contributed by atoms with Crippen LogP contribution in [0.5, 0.6) is 0 Å². The fourth-order valence-electron chi connectivity index (χ4n) is 1.44. The average molecular weight is 211 g/mol. The van der Waals surface area contributed by atoms with E-state index >= 15 is 0 Å². The Morgan fingerprint density at radius 1 is 1.60 bits per heavy atom.